The maximum atomic E-state index is 12.6. The highest BCUT2D eigenvalue weighted by atomic mass is 16.5. The Morgan fingerprint density at radius 3 is 1.89 bits per heavy atom. The third-order valence-corrected chi connectivity index (χ3v) is 5.81. The van der Waals surface area contributed by atoms with Crippen molar-refractivity contribution in [3.63, 3.8) is 0 Å². The number of amides is 1. The Balaban J connectivity index is 1.35. The minimum atomic E-state index is -0.194. The van der Waals surface area contributed by atoms with Crippen LogP contribution in [0, 0.1) is 0 Å². The number of nitrogens with one attached hydrogen (secondary N) is 2. The Morgan fingerprint density at radius 2 is 1.25 bits per heavy atom. The Hall–Kier alpha value is -4.91. The third kappa shape index (κ3) is 4.81. The zero-order valence-corrected chi connectivity index (χ0v) is 19.9. The van der Waals surface area contributed by atoms with Gasteiger partial charge in [0.25, 0.3) is 5.91 Å². The lowest BCUT2D eigenvalue weighted by atomic mass is 10.0. The Bertz CT molecular complexity index is 1500. The molecule has 7 nitrogen and oxygen atoms in total. The molecule has 0 saturated heterocycles. The average molecular weight is 477 g/mol. The summed E-state index contributed by atoms with van der Waals surface area (Å²) in [5.41, 5.74) is 3.79. The molecule has 5 rings (SSSR count). The summed E-state index contributed by atoms with van der Waals surface area (Å²) in [6, 6.07) is 30.2. The molecule has 0 spiro atoms. The molecule has 1 heterocycles. The number of nitrogens with zero attached hydrogens (tertiary/aromatic N) is 2. The van der Waals surface area contributed by atoms with E-state index in [-0.39, 0.29) is 5.91 Å². The van der Waals surface area contributed by atoms with Crippen LogP contribution >= 0.6 is 0 Å². The number of methoxy groups -OCH3 is 2. The Labute approximate surface area is 208 Å². The van der Waals surface area contributed by atoms with E-state index in [4.69, 9.17) is 9.47 Å². The highest BCUT2D eigenvalue weighted by Gasteiger charge is 2.12. The van der Waals surface area contributed by atoms with Crippen LogP contribution < -0.4 is 20.1 Å². The molecular formula is C29H24N4O3. The molecular weight excluding hydrogens is 452 g/mol. The zero-order chi connectivity index (χ0) is 24.9. The predicted molar refractivity (Wildman–Crippen MR) is 142 cm³/mol. The van der Waals surface area contributed by atoms with E-state index in [1.807, 2.05) is 60.7 Å². The molecule has 0 unspecified atom stereocenters. The van der Waals surface area contributed by atoms with Crippen molar-refractivity contribution in [3.8, 4) is 22.8 Å². The summed E-state index contributed by atoms with van der Waals surface area (Å²) in [5.74, 6) is 1.96. The third-order valence-electron chi connectivity index (χ3n) is 5.81. The lowest BCUT2D eigenvalue weighted by molar-refractivity contribution is 0.102. The van der Waals surface area contributed by atoms with Crippen molar-refractivity contribution in [2.75, 3.05) is 24.9 Å². The van der Waals surface area contributed by atoms with Crippen molar-refractivity contribution in [2.24, 2.45) is 0 Å². The van der Waals surface area contributed by atoms with Crippen LogP contribution in [0.15, 0.2) is 97.1 Å². The molecule has 0 fully saturated rings. The number of hydrogen-bond acceptors (Lipinski definition) is 6. The second-order valence-electron chi connectivity index (χ2n) is 8.06. The minimum Gasteiger partial charge on any atom is -0.497 e. The van der Waals surface area contributed by atoms with E-state index in [2.05, 4.69) is 20.8 Å². The summed E-state index contributed by atoms with van der Waals surface area (Å²) in [5, 5.41) is 17.1. The second kappa shape index (κ2) is 10.1. The molecule has 178 valence electrons. The molecule has 0 bridgehead atoms. The van der Waals surface area contributed by atoms with Crippen molar-refractivity contribution < 1.29 is 14.3 Å². The number of anilines is 3. The molecule has 36 heavy (non-hydrogen) atoms. The van der Waals surface area contributed by atoms with Gasteiger partial charge in [-0.15, -0.1) is 10.2 Å². The Kier molecular flexibility index (Phi) is 6.44. The van der Waals surface area contributed by atoms with Crippen LogP contribution in [-0.4, -0.2) is 30.3 Å². The highest BCUT2D eigenvalue weighted by Crippen LogP contribution is 2.32. The molecule has 5 aromatic rings. The van der Waals surface area contributed by atoms with Crippen molar-refractivity contribution in [1.82, 2.24) is 10.2 Å². The summed E-state index contributed by atoms with van der Waals surface area (Å²) in [6.45, 7) is 0. The summed E-state index contributed by atoms with van der Waals surface area (Å²) in [4.78, 5) is 12.6. The molecule has 0 aliphatic carbocycles. The lowest BCUT2D eigenvalue weighted by Crippen LogP contribution is -2.11. The largest absolute Gasteiger partial charge is 0.497 e. The molecule has 2 N–H and O–H groups in total. The minimum absolute atomic E-state index is 0.194. The van der Waals surface area contributed by atoms with Gasteiger partial charge >= 0.3 is 0 Å². The number of carbonyl (C=O) groups is 1. The smallest absolute Gasteiger partial charge is 0.255 e. The maximum Gasteiger partial charge on any atom is 0.255 e. The summed E-state index contributed by atoms with van der Waals surface area (Å²) in [6.07, 6.45) is 0. The predicted octanol–water partition coefficient (Wildman–Crippen LogP) is 6.31. The first-order valence-corrected chi connectivity index (χ1v) is 11.4. The first-order valence-electron chi connectivity index (χ1n) is 11.4. The van der Waals surface area contributed by atoms with Gasteiger partial charge in [0.2, 0.25) is 0 Å². The maximum absolute atomic E-state index is 12.6. The van der Waals surface area contributed by atoms with Gasteiger partial charge in [0, 0.05) is 33.3 Å². The fraction of sp³-hybridized carbons (Fsp3) is 0.0690. The van der Waals surface area contributed by atoms with Crippen molar-refractivity contribution in [2.45, 2.75) is 0 Å². The number of hydrogen-bond donors (Lipinski definition) is 2. The molecule has 1 amide bonds. The van der Waals surface area contributed by atoms with Gasteiger partial charge in [0.05, 0.1) is 14.2 Å². The van der Waals surface area contributed by atoms with Gasteiger partial charge in [-0.05, 0) is 72.8 Å². The van der Waals surface area contributed by atoms with E-state index in [0.717, 1.165) is 39.2 Å². The van der Waals surface area contributed by atoms with Crippen LogP contribution in [0.4, 0.5) is 17.2 Å². The normalized spacial score (nSPS) is 10.6. The van der Waals surface area contributed by atoms with E-state index in [1.165, 1.54) is 0 Å². The van der Waals surface area contributed by atoms with Crippen molar-refractivity contribution >= 4 is 33.9 Å². The van der Waals surface area contributed by atoms with Crippen LogP contribution in [-0.2, 0) is 0 Å². The number of rotatable bonds is 7. The molecule has 0 radical (unpaired) electrons. The summed E-state index contributed by atoms with van der Waals surface area (Å²) < 4.78 is 10.4. The standard InChI is InChI=1S/C29H24N4O3/c1-35-23-15-9-19(10-16-23)27-25-5-3-4-6-26(25)28(33-32-27)30-21-11-7-20(8-12-21)29(34)31-22-13-17-24(36-2)18-14-22/h3-18H,1-2H3,(H,30,33)(H,31,34). The quantitative estimate of drug-likeness (QED) is 0.286. The number of carbonyl (C=O) groups excluding carboxylic acids is 1. The first-order chi connectivity index (χ1) is 17.6. The van der Waals surface area contributed by atoms with Gasteiger partial charge < -0.3 is 20.1 Å². The van der Waals surface area contributed by atoms with Gasteiger partial charge in [-0.3, -0.25) is 4.79 Å². The number of aromatic nitrogens is 2. The van der Waals surface area contributed by atoms with Crippen molar-refractivity contribution in [3.05, 3.63) is 103 Å². The van der Waals surface area contributed by atoms with Crippen LogP contribution in [0.25, 0.3) is 22.0 Å². The fourth-order valence-corrected chi connectivity index (χ4v) is 3.88. The molecule has 4 aromatic carbocycles. The van der Waals surface area contributed by atoms with Gasteiger partial charge in [-0.1, -0.05) is 24.3 Å². The van der Waals surface area contributed by atoms with E-state index >= 15 is 0 Å². The average Bonchev–Trinajstić information content (AvgIpc) is 2.94. The zero-order valence-electron chi connectivity index (χ0n) is 19.9. The van der Waals surface area contributed by atoms with Gasteiger partial charge in [0.15, 0.2) is 5.82 Å². The topological polar surface area (TPSA) is 85.4 Å². The van der Waals surface area contributed by atoms with Gasteiger partial charge in [-0.2, -0.15) is 0 Å². The molecule has 0 aliphatic heterocycles. The SMILES string of the molecule is COc1ccc(NC(=O)c2ccc(Nc3nnc(-c4ccc(OC)cc4)c4ccccc34)cc2)cc1. The number of ether oxygens (including phenoxy) is 2. The van der Waals surface area contributed by atoms with Crippen molar-refractivity contribution in [1.29, 1.82) is 0 Å². The fourth-order valence-electron chi connectivity index (χ4n) is 3.88. The molecule has 0 aliphatic rings. The lowest BCUT2D eigenvalue weighted by Gasteiger charge is -2.12. The van der Waals surface area contributed by atoms with Crippen LogP contribution in [0.2, 0.25) is 0 Å². The van der Waals surface area contributed by atoms with Crippen LogP contribution in [0.5, 0.6) is 11.5 Å². The van der Waals surface area contributed by atoms with Crippen LogP contribution in [0.1, 0.15) is 10.4 Å². The summed E-state index contributed by atoms with van der Waals surface area (Å²) in [7, 11) is 3.25. The van der Waals surface area contributed by atoms with E-state index in [1.54, 1.807) is 50.6 Å². The second-order valence-corrected chi connectivity index (χ2v) is 8.06. The van der Waals surface area contributed by atoms with Gasteiger partial charge in [-0.25, -0.2) is 0 Å². The van der Waals surface area contributed by atoms with Gasteiger partial charge in [0.1, 0.15) is 17.2 Å². The van der Waals surface area contributed by atoms with Crippen LogP contribution in [0.3, 0.4) is 0 Å². The number of benzene rings is 4. The molecule has 0 saturated carbocycles. The monoisotopic (exact) mass is 476 g/mol. The molecule has 0 atom stereocenters. The van der Waals surface area contributed by atoms with E-state index in [0.29, 0.717) is 17.1 Å². The Morgan fingerprint density at radius 1 is 0.667 bits per heavy atom. The highest BCUT2D eigenvalue weighted by molar-refractivity contribution is 6.05. The van der Waals surface area contributed by atoms with E-state index in [9.17, 15) is 4.79 Å². The number of fused-ring (bicyclic) bond motifs is 1. The first kappa shape index (κ1) is 22.9. The summed E-state index contributed by atoms with van der Waals surface area (Å²) >= 11 is 0. The van der Waals surface area contributed by atoms with E-state index < -0.39 is 0 Å². The molecule has 7 heteroatoms. The molecule has 1 aromatic heterocycles.